The number of amides is 3. The second kappa shape index (κ2) is 6.58. The molecule has 20 heavy (non-hydrogen) atoms. The molecule has 1 saturated heterocycles. The first-order valence-electron chi connectivity index (χ1n) is 6.79. The molecule has 7 nitrogen and oxygen atoms in total. The topological polar surface area (TPSA) is 98.7 Å². The lowest BCUT2D eigenvalue weighted by Gasteiger charge is -2.22. The largest absolute Gasteiger partial charge is 0.480 e. The van der Waals surface area contributed by atoms with Gasteiger partial charge in [0.1, 0.15) is 6.04 Å². The third-order valence-corrected chi connectivity index (χ3v) is 2.94. The van der Waals surface area contributed by atoms with E-state index in [1.807, 2.05) is 20.8 Å². The van der Waals surface area contributed by atoms with Gasteiger partial charge in [0.2, 0.25) is 5.91 Å². The van der Waals surface area contributed by atoms with E-state index >= 15 is 0 Å². The van der Waals surface area contributed by atoms with Crippen LogP contribution in [0.2, 0.25) is 0 Å². The molecule has 1 aliphatic rings. The fourth-order valence-electron chi connectivity index (χ4n) is 2.13. The smallest absolute Gasteiger partial charge is 0.326 e. The average molecular weight is 285 g/mol. The molecular weight excluding hydrogens is 262 g/mol. The molecule has 0 saturated carbocycles. The van der Waals surface area contributed by atoms with Crippen molar-refractivity contribution in [2.75, 3.05) is 13.1 Å². The van der Waals surface area contributed by atoms with Crippen LogP contribution in [-0.2, 0) is 9.59 Å². The number of nitrogens with one attached hydrogen (secondary N) is 2. The van der Waals surface area contributed by atoms with Crippen molar-refractivity contribution >= 4 is 17.9 Å². The summed E-state index contributed by atoms with van der Waals surface area (Å²) in [5, 5.41) is 14.4. The zero-order valence-electron chi connectivity index (χ0n) is 12.2. The lowest BCUT2D eigenvalue weighted by atomic mass is 10.1. The summed E-state index contributed by atoms with van der Waals surface area (Å²) in [4.78, 5) is 35.7. The monoisotopic (exact) mass is 285 g/mol. The van der Waals surface area contributed by atoms with Gasteiger partial charge < -0.3 is 20.6 Å². The number of urea groups is 1. The molecule has 0 radical (unpaired) electrons. The molecule has 0 unspecified atom stereocenters. The Bertz CT molecular complexity index is 390. The average Bonchev–Trinajstić information content (AvgIpc) is 2.74. The third kappa shape index (κ3) is 5.07. The van der Waals surface area contributed by atoms with E-state index in [9.17, 15) is 14.4 Å². The highest BCUT2D eigenvalue weighted by atomic mass is 16.4. The molecule has 1 rings (SSSR count). The van der Waals surface area contributed by atoms with Crippen LogP contribution in [0, 0.1) is 0 Å². The first-order valence-corrected chi connectivity index (χ1v) is 6.79. The van der Waals surface area contributed by atoms with Crippen LogP contribution in [0.5, 0.6) is 0 Å². The minimum absolute atomic E-state index is 0.144. The standard InChI is InChI=1S/C13H23N3O4/c1-13(2,3)15-10(17)6-7-14-12(20)16-8-4-5-9(16)11(18)19/h9H,4-8H2,1-3H3,(H,14,20)(H,15,17)(H,18,19)/t9-/m0/s1. The summed E-state index contributed by atoms with van der Waals surface area (Å²) >= 11 is 0. The number of carbonyl (C=O) groups is 3. The molecule has 0 aromatic rings. The third-order valence-electron chi connectivity index (χ3n) is 2.94. The normalized spacial score (nSPS) is 18.8. The Labute approximate surface area is 118 Å². The number of aliphatic carboxylic acids is 1. The van der Waals surface area contributed by atoms with Crippen LogP contribution in [0.4, 0.5) is 4.79 Å². The number of carboxylic acids is 1. The first-order chi connectivity index (χ1) is 9.20. The van der Waals surface area contributed by atoms with E-state index in [0.29, 0.717) is 19.4 Å². The first kappa shape index (κ1) is 16.3. The predicted molar refractivity (Wildman–Crippen MR) is 73.3 cm³/mol. The van der Waals surface area contributed by atoms with E-state index in [2.05, 4.69) is 10.6 Å². The van der Waals surface area contributed by atoms with Crippen molar-refractivity contribution in [3.63, 3.8) is 0 Å². The predicted octanol–water partition coefficient (Wildman–Crippen LogP) is 0.550. The van der Waals surface area contributed by atoms with Crippen LogP contribution in [-0.4, -0.2) is 52.6 Å². The molecule has 3 N–H and O–H groups in total. The number of carboxylic acid groups (broad SMARTS) is 1. The number of rotatable bonds is 4. The Morgan fingerprint density at radius 2 is 1.95 bits per heavy atom. The second-order valence-electron chi connectivity index (χ2n) is 5.97. The van der Waals surface area contributed by atoms with Gasteiger partial charge in [0.25, 0.3) is 0 Å². The maximum atomic E-state index is 11.8. The Morgan fingerprint density at radius 1 is 1.30 bits per heavy atom. The molecular formula is C13H23N3O4. The molecule has 1 atom stereocenters. The molecule has 0 aliphatic carbocycles. The number of hydrogen-bond donors (Lipinski definition) is 3. The fraction of sp³-hybridized carbons (Fsp3) is 0.769. The summed E-state index contributed by atoms with van der Waals surface area (Å²) in [6.45, 7) is 6.28. The number of likely N-dealkylation sites (tertiary alicyclic amines) is 1. The minimum atomic E-state index is -0.983. The second-order valence-corrected chi connectivity index (χ2v) is 5.97. The molecule has 1 heterocycles. The highest BCUT2D eigenvalue weighted by molar-refractivity contribution is 5.83. The lowest BCUT2D eigenvalue weighted by Crippen LogP contribution is -2.47. The van der Waals surface area contributed by atoms with E-state index in [4.69, 9.17) is 5.11 Å². The molecule has 7 heteroatoms. The maximum absolute atomic E-state index is 11.8. The SMILES string of the molecule is CC(C)(C)NC(=O)CCNC(=O)N1CCC[C@H]1C(=O)O. The molecule has 0 spiro atoms. The summed E-state index contributed by atoms with van der Waals surface area (Å²) < 4.78 is 0. The van der Waals surface area contributed by atoms with Gasteiger partial charge in [-0.1, -0.05) is 0 Å². The van der Waals surface area contributed by atoms with Gasteiger partial charge >= 0.3 is 12.0 Å². The van der Waals surface area contributed by atoms with Gasteiger partial charge in [-0.15, -0.1) is 0 Å². The van der Waals surface area contributed by atoms with Gasteiger partial charge in [0.05, 0.1) is 0 Å². The minimum Gasteiger partial charge on any atom is -0.480 e. The summed E-state index contributed by atoms with van der Waals surface area (Å²) in [5.74, 6) is -1.13. The van der Waals surface area contributed by atoms with Crippen molar-refractivity contribution in [3.8, 4) is 0 Å². The molecule has 0 aromatic heterocycles. The Balaban J connectivity index is 2.33. The van der Waals surface area contributed by atoms with Crippen LogP contribution in [0.15, 0.2) is 0 Å². The highest BCUT2D eigenvalue weighted by Gasteiger charge is 2.33. The van der Waals surface area contributed by atoms with Crippen molar-refractivity contribution in [3.05, 3.63) is 0 Å². The molecule has 1 fully saturated rings. The maximum Gasteiger partial charge on any atom is 0.326 e. The molecule has 3 amide bonds. The van der Waals surface area contributed by atoms with E-state index < -0.39 is 18.0 Å². The zero-order chi connectivity index (χ0) is 15.3. The molecule has 0 bridgehead atoms. The van der Waals surface area contributed by atoms with Gasteiger partial charge in [-0.3, -0.25) is 4.79 Å². The van der Waals surface area contributed by atoms with Crippen LogP contribution in [0.25, 0.3) is 0 Å². The highest BCUT2D eigenvalue weighted by Crippen LogP contribution is 2.17. The van der Waals surface area contributed by atoms with Gasteiger partial charge in [0.15, 0.2) is 0 Å². The summed E-state index contributed by atoms with van der Waals surface area (Å²) in [6.07, 6.45) is 1.34. The molecule has 1 aliphatic heterocycles. The van der Waals surface area contributed by atoms with Crippen molar-refractivity contribution in [2.45, 2.75) is 51.6 Å². The zero-order valence-corrected chi connectivity index (χ0v) is 12.2. The van der Waals surface area contributed by atoms with Crippen LogP contribution in [0.3, 0.4) is 0 Å². The molecule has 114 valence electrons. The van der Waals surface area contributed by atoms with Gasteiger partial charge in [-0.05, 0) is 33.6 Å². The van der Waals surface area contributed by atoms with E-state index in [0.717, 1.165) is 0 Å². The van der Waals surface area contributed by atoms with Gasteiger partial charge in [-0.2, -0.15) is 0 Å². The van der Waals surface area contributed by atoms with Gasteiger partial charge in [0, 0.05) is 25.0 Å². The van der Waals surface area contributed by atoms with Crippen LogP contribution in [0.1, 0.15) is 40.0 Å². The number of nitrogens with zero attached hydrogens (tertiary/aromatic N) is 1. The summed E-state index contributed by atoms with van der Waals surface area (Å²) in [6, 6.07) is -1.17. The van der Waals surface area contributed by atoms with Gasteiger partial charge in [-0.25, -0.2) is 9.59 Å². The van der Waals surface area contributed by atoms with Crippen molar-refractivity contribution in [2.24, 2.45) is 0 Å². The van der Waals surface area contributed by atoms with Crippen LogP contribution >= 0.6 is 0 Å². The van der Waals surface area contributed by atoms with Crippen molar-refractivity contribution in [1.29, 1.82) is 0 Å². The Morgan fingerprint density at radius 3 is 2.50 bits per heavy atom. The number of carbonyl (C=O) groups excluding carboxylic acids is 2. The Kier molecular flexibility index (Phi) is 5.35. The Hall–Kier alpha value is -1.79. The number of hydrogen-bond acceptors (Lipinski definition) is 3. The summed E-state index contributed by atoms with van der Waals surface area (Å²) in [5.41, 5.74) is -0.301. The van der Waals surface area contributed by atoms with Crippen molar-refractivity contribution < 1.29 is 19.5 Å². The van der Waals surface area contributed by atoms with E-state index in [1.165, 1.54) is 4.90 Å². The van der Waals surface area contributed by atoms with E-state index in [-0.39, 0.29) is 24.4 Å². The van der Waals surface area contributed by atoms with E-state index in [1.54, 1.807) is 0 Å². The fourth-order valence-corrected chi connectivity index (χ4v) is 2.13. The van der Waals surface area contributed by atoms with Crippen LogP contribution < -0.4 is 10.6 Å². The molecule has 0 aromatic carbocycles. The quantitative estimate of drug-likeness (QED) is 0.702. The lowest BCUT2D eigenvalue weighted by molar-refractivity contribution is -0.141. The van der Waals surface area contributed by atoms with Crippen molar-refractivity contribution in [1.82, 2.24) is 15.5 Å². The summed E-state index contributed by atoms with van der Waals surface area (Å²) in [7, 11) is 0.